The smallest absolute Gasteiger partial charge is 0.282 e. The Balaban J connectivity index is 1.57. The third kappa shape index (κ3) is 4.74. The number of aliphatic hydroxyl groups excluding tert-OH is 1. The van der Waals surface area contributed by atoms with Gasteiger partial charge in [0.15, 0.2) is 11.6 Å². The number of anilines is 1. The van der Waals surface area contributed by atoms with E-state index >= 15 is 0 Å². The van der Waals surface area contributed by atoms with Crippen molar-refractivity contribution in [3.8, 4) is 5.75 Å². The number of nitrogens with zero attached hydrogens (tertiary/aromatic N) is 2. The van der Waals surface area contributed by atoms with E-state index in [0.717, 1.165) is 5.56 Å². The summed E-state index contributed by atoms with van der Waals surface area (Å²) in [6.07, 6.45) is -0.395. The summed E-state index contributed by atoms with van der Waals surface area (Å²) < 4.78 is 5.33. The van der Waals surface area contributed by atoms with Crippen LogP contribution in [-0.4, -0.2) is 34.1 Å². The lowest BCUT2D eigenvalue weighted by atomic mass is 9.95. The maximum absolute atomic E-state index is 13.3. The Kier molecular flexibility index (Phi) is 6.97. The highest BCUT2D eigenvalue weighted by molar-refractivity contribution is 6.24. The molecule has 3 N–H and O–H groups in total. The van der Waals surface area contributed by atoms with Crippen LogP contribution in [-0.2, 0) is 11.2 Å². The van der Waals surface area contributed by atoms with Crippen molar-refractivity contribution in [3.05, 3.63) is 109 Å². The van der Waals surface area contributed by atoms with Crippen LogP contribution in [0.5, 0.6) is 5.75 Å². The zero-order valence-electron chi connectivity index (χ0n) is 21.6. The van der Waals surface area contributed by atoms with Gasteiger partial charge in [0.2, 0.25) is 16.8 Å². The maximum atomic E-state index is 13.3. The predicted octanol–water partition coefficient (Wildman–Crippen LogP) is 1.71. The van der Waals surface area contributed by atoms with E-state index in [0.29, 0.717) is 23.4 Å². The lowest BCUT2D eigenvalue weighted by molar-refractivity contribution is -0.122. The lowest BCUT2D eigenvalue weighted by Crippen LogP contribution is -2.45. The van der Waals surface area contributed by atoms with Gasteiger partial charge in [-0.15, -0.1) is 0 Å². The number of hydrogen-bond donors (Lipinski definition) is 3. The Morgan fingerprint density at radius 3 is 2.35 bits per heavy atom. The van der Waals surface area contributed by atoms with E-state index in [1.54, 1.807) is 13.0 Å². The fourth-order valence-corrected chi connectivity index (χ4v) is 4.54. The molecule has 0 aliphatic carbocycles. The zero-order chi connectivity index (χ0) is 28.6. The molecule has 11 nitrogen and oxygen atoms in total. The fraction of sp³-hybridized carbons (Fsp3) is 0.172. The average Bonchev–Trinajstić information content (AvgIpc) is 3.33. The van der Waals surface area contributed by atoms with Gasteiger partial charge >= 0.3 is 0 Å². The number of nitrogens with one attached hydrogen (secondary N) is 2. The molecule has 4 aromatic carbocycles. The van der Waals surface area contributed by atoms with Crippen molar-refractivity contribution < 1.29 is 24.2 Å². The molecule has 1 heterocycles. The Bertz CT molecular complexity index is 1830. The Morgan fingerprint density at radius 2 is 1.65 bits per heavy atom. The van der Waals surface area contributed by atoms with Crippen LogP contribution in [0.1, 0.15) is 52.1 Å². The van der Waals surface area contributed by atoms with E-state index in [-0.39, 0.29) is 33.3 Å². The minimum absolute atomic E-state index is 0.0452. The first-order valence-electron chi connectivity index (χ1n) is 12.5. The molecule has 0 saturated heterocycles. The second kappa shape index (κ2) is 10.5. The van der Waals surface area contributed by atoms with Crippen molar-refractivity contribution in [3.63, 3.8) is 0 Å². The standard InChI is InChI=1S/C29H24N4O7/c1-3-22(35)40-18-10-11-19-20(14-18)27(37)25(26(19)36)31-30-21-12-9-17(13-16-7-5-4-6-8-16)23-24(21)29(39)33(28(23)38)32-15(2)34/h4-12,14,22,30,35H,3,13H2,1-2H3,(H,32,34). The summed E-state index contributed by atoms with van der Waals surface area (Å²) in [6.45, 7) is 2.90. The predicted molar refractivity (Wildman–Crippen MR) is 145 cm³/mol. The van der Waals surface area contributed by atoms with Crippen LogP contribution in [0.2, 0.25) is 0 Å². The maximum Gasteiger partial charge on any atom is 0.282 e. The van der Waals surface area contributed by atoms with Gasteiger partial charge in [-0.1, -0.05) is 43.3 Å². The molecule has 0 fully saturated rings. The molecule has 0 radical (unpaired) electrons. The summed E-state index contributed by atoms with van der Waals surface area (Å²) in [5.41, 5.74) is 5.14. The molecule has 1 aliphatic rings. The van der Waals surface area contributed by atoms with Crippen LogP contribution in [0, 0.1) is 0 Å². The van der Waals surface area contributed by atoms with Crippen molar-refractivity contribution in [2.75, 3.05) is 5.43 Å². The molecule has 0 aromatic heterocycles. The van der Waals surface area contributed by atoms with Crippen LogP contribution in [0.15, 0.2) is 75.4 Å². The summed E-state index contributed by atoms with van der Waals surface area (Å²) in [6, 6.07) is 16.8. The van der Waals surface area contributed by atoms with Crippen LogP contribution < -0.4 is 31.8 Å². The number of carbonyl (C=O) groups is 3. The van der Waals surface area contributed by atoms with Gasteiger partial charge in [0.1, 0.15) is 5.75 Å². The van der Waals surface area contributed by atoms with Gasteiger partial charge in [-0.3, -0.25) is 34.8 Å². The normalized spacial score (nSPS) is 14.0. The number of amides is 3. The number of carbonyl (C=O) groups excluding carboxylic acids is 3. The summed E-state index contributed by atoms with van der Waals surface area (Å²) in [5.74, 6) is -1.88. The van der Waals surface area contributed by atoms with Crippen LogP contribution in [0.4, 0.5) is 5.69 Å². The molecule has 0 spiro atoms. The number of rotatable bonds is 8. The van der Waals surface area contributed by atoms with Gasteiger partial charge in [0.25, 0.3) is 11.8 Å². The van der Waals surface area contributed by atoms with E-state index in [4.69, 9.17) is 4.74 Å². The average molecular weight is 541 g/mol. The highest BCUT2D eigenvalue weighted by Crippen LogP contribution is 2.32. The van der Waals surface area contributed by atoms with Gasteiger partial charge < -0.3 is 9.84 Å². The molecule has 0 bridgehead atoms. The van der Waals surface area contributed by atoms with E-state index in [2.05, 4.69) is 16.0 Å². The highest BCUT2D eigenvalue weighted by Gasteiger charge is 2.40. The van der Waals surface area contributed by atoms with Crippen molar-refractivity contribution in [1.82, 2.24) is 10.4 Å². The number of imide groups is 1. The van der Waals surface area contributed by atoms with Crippen molar-refractivity contribution in [1.29, 1.82) is 0 Å². The summed E-state index contributed by atoms with van der Waals surface area (Å²) >= 11 is 0. The number of hydrogen-bond acceptors (Lipinski definition) is 9. The van der Waals surface area contributed by atoms with E-state index < -0.39 is 40.2 Å². The van der Waals surface area contributed by atoms with Gasteiger partial charge in [0, 0.05) is 24.1 Å². The largest absolute Gasteiger partial charge is 0.465 e. The SMILES string of the molecule is CCC(O)Oc1ccc2c(=O)c(=NNc3ccc(Cc4ccccc4)c4c3C(=O)N(NC(C)=O)C4=O)c(=O)c2c1. The van der Waals surface area contributed by atoms with Gasteiger partial charge in [-0.05, 0) is 41.8 Å². The molecular formula is C29H24N4O7. The van der Waals surface area contributed by atoms with Gasteiger partial charge in [0.05, 0.1) is 16.8 Å². The second-order valence-electron chi connectivity index (χ2n) is 9.22. The van der Waals surface area contributed by atoms with E-state index in [1.807, 2.05) is 30.3 Å². The molecule has 1 aliphatic heterocycles. The van der Waals surface area contributed by atoms with E-state index in [9.17, 15) is 29.1 Å². The molecule has 4 aromatic rings. The van der Waals surface area contributed by atoms with Crippen LogP contribution in [0.25, 0.3) is 10.8 Å². The first kappa shape index (κ1) is 26.4. The molecule has 40 heavy (non-hydrogen) atoms. The molecule has 1 atom stereocenters. The number of aliphatic hydroxyl groups is 1. The molecule has 3 amide bonds. The Labute approximate surface area is 227 Å². The number of benzene rings is 3. The van der Waals surface area contributed by atoms with Gasteiger partial charge in [-0.25, -0.2) is 0 Å². The van der Waals surface area contributed by atoms with Crippen molar-refractivity contribution in [2.45, 2.75) is 33.0 Å². The van der Waals surface area contributed by atoms with E-state index in [1.165, 1.54) is 31.2 Å². The first-order chi connectivity index (χ1) is 19.2. The first-order valence-corrected chi connectivity index (χ1v) is 12.5. The molecule has 11 heteroatoms. The topological polar surface area (TPSA) is 154 Å². The van der Waals surface area contributed by atoms with Crippen molar-refractivity contribution >= 4 is 34.2 Å². The minimum Gasteiger partial charge on any atom is -0.465 e. The minimum atomic E-state index is -1.07. The molecule has 0 saturated carbocycles. The highest BCUT2D eigenvalue weighted by atomic mass is 16.6. The summed E-state index contributed by atoms with van der Waals surface area (Å²) in [7, 11) is 0. The fourth-order valence-electron chi connectivity index (χ4n) is 4.54. The third-order valence-electron chi connectivity index (χ3n) is 6.45. The van der Waals surface area contributed by atoms with Crippen LogP contribution >= 0.6 is 0 Å². The number of hydrazine groups is 1. The van der Waals surface area contributed by atoms with Crippen molar-refractivity contribution in [2.24, 2.45) is 5.10 Å². The van der Waals surface area contributed by atoms with Crippen LogP contribution in [0.3, 0.4) is 0 Å². The monoisotopic (exact) mass is 540 g/mol. The second-order valence-corrected chi connectivity index (χ2v) is 9.22. The number of ether oxygens (including phenoxy) is 1. The quantitative estimate of drug-likeness (QED) is 0.173. The third-order valence-corrected chi connectivity index (χ3v) is 6.45. The number of fused-ring (bicyclic) bond motifs is 2. The zero-order valence-corrected chi connectivity index (χ0v) is 21.6. The summed E-state index contributed by atoms with van der Waals surface area (Å²) in [4.78, 5) is 64.2. The van der Waals surface area contributed by atoms with Gasteiger partial charge in [-0.2, -0.15) is 10.1 Å². The molecule has 5 rings (SSSR count). The lowest BCUT2D eigenvalue weighted by Gasteiger charge is -2.13. The molecular weight excluding hydrogens is 516 g/mol. The molecule has 1 unspecified atom stereocenters. The summed E-state index contributed by atoms with van der Waals surface area (Å²) in [5, 5.41) is 14.2. The Morgan fingerprint density at radius 1 is 0.950 bits per heavy atom. The molecule has 202 valence electrons. The Hall–Kier alpha value is -5.16.